The Labute approximate surface area is 134 Å². The van der Waals surface area contributed by atoms with E-state index in [0.717, 1.165) is 12.8 Å². The summed E-state index contributed by atoms with van der Waals surface area (Å²) in [4.78, 5) is 17.7. The first-order chi connectivity index (χ1) is 10.3. The Hall–Kier alpha value is -1.30. The summed E-state index contributed by atoms with van der Waals surface area (Å²) in [5.74, 6) is 0.697. The van der Waals surface area contributed by atoms with Crippen molar-refractivity contribution in [3.63, 3.8) is 0 Å². The lowest BCUT2D eigenvalue weighted by atomic mass is 9.96. The lowest BCUT2D eigenvalue weighted by molar-refractivity contribution is -0.127. The number of carbonyl (C=O) groups is 1. The molecule has 0 saturated heterocycles. The Kier molecular flexibility index (Phi) is 7.65. The lowest BCUT2D eigenvalue weighted by Gasteiger charge is -2.28. The van der Waals surface area contributed by atoms with Crippen molar-refractivity contribution in [2.75, 3.05) is 34.3 Å². The summed E-state index contributed by atoms with van der Waals surface area (Å²) in [5, 5.41) is 6.76. The van der Waals surface area contributed by atoms with Crippen molar-refractivity contribution in [1.82, 2.24) is 15.5 Å². The van der Waals surface area contributed by atoms with Crippen LogP contribution in [0.3, 0.4) is 0 Å². The van der Waals surface area contributed by atoms with Gasteiger partial charge in [-0.3, -0.25) is 4.79 Å². The monoisotopic (exact) mass is 312 g/mol. The van der Waals surface area contributed by atoms with Gasteiger partial charge in [-0.05, 0) is 26.7 Å². The number of methoxy groups -OCH3 is 1. The maximum Gasteiger partial charge on any atom is 0.243 e. The van der Waals surface area contributed by atoms with E-state index in [1.54, 1.807) is 26.1 Å². The lowest BCUT2D eigenvalue weighted by Crippen LogP contribution is -2.49. The van der Waals surface area contributed by atoms with Crippen LogP contribution >= 0.6 is 0 Å². The van der Waals surface area contributed by atoms with Crippen LogP contribution in [0.25, 0.3) is 0 Å². The summed E-state index contributed by atoms with van der Waals surface area (Å²) >= 11 is 0. The molecular weight excluding hydrogens is 280 g/mol. The molecule has 0 bridgehead atoms. The zero-order valence-corrected chi connectivity index (χ0v) is 14.7. The van der Waals surface area contributed by atoms with E-state index >= 15 is 0 Å². The minimum absolute atomic E-state index is 0.00394. The first-order valence-electron chi connectivity index (χ1n) is 8.14. The molecule has 0 aromatic heterocycles. The van der Waals surface area contributed by atoms with E-state index in [2.05, 4.69) is 15.6 Å². The molecule has 128 valence electrons. The molecule has 1 aliphatic carbocycles. The van der Waals surface area contributed by atoms with E-state index in [4.69, 9.17) is 4.74 Å². The van der Waals surface area contributed by atoms with Gasteiger partial charge in [0.2, 0.25) is 5.91 Å². The minimum atomic E-state index is -0.277. The maximum absolute atomic E-state index is 11.7. The molecule has 0 aromatic carbocycles. The number of hydrogen-bond donors (Lipinski definition) is 2. The average Bonchev–Trinajstić information content (AvgIpc) is 2.50. The summed E-state index contributed by atoms with van der Waals surface area (Å²) in [5.41, 5.74) is -0.277. The van der Waals surface area contributed by atoms with Gasteiger partial charge >= 0.3 is 0 Å². The molecule has 1 saturated carbocycles. The van der Waals surface area contributed by atoms with Gasteiger partial charge in [0.25, 0.3) is 0 Å². The smallest absolute Gasteiger partial charge is 0.243 e. The Morgan fingerprint density at radius 3 is 2.45 bits per heavy atom. The fraction of sp³-hybridized carbons (Fsp3) is 0.875. The second-order valence-corrected chi connectivity index (χ2v) is 6.75. The van der Waals surface area contributed by atoms with Crippen LogP contribution in [-0.4, -0.2) is 62.7 Å². The summed E-state index contributed by atoms with van der Waals surface area (Å²) in [6, 6.07) is 0.445. The van der Waals surface area contributed by atoms with Crippen LogP contribution in [0.1, 0.15) is 46.0 Å². The van der Waals surface area contributed by atoms with Gasteiger partial charge in [0.15, 0.2) is 5.96 Å². The Bertz CT molecular complexity index is 374. The van der Waals surface area contributed by atoms with E-state index in [9.17, 15) is 4.79 Å². The van der Waals surface area contributed by atoms with Crippen LogP contribution in [0, 0.1) is 0 Å². The number of hydrogen-bond acceptors (Lipinski definition) is 3. The van der Waals surface area contributed by atoms with Crippen LogP contribution in [0.15, 0.2) is 4.99 Å². The first kappa shape index (κ1) is 18.7. The highest BCUT2D eigenvalue weighted by atomic mass is 16.5. The number of likely N-dealkylation sites (N-methyl/N-ethyl adjacent to an activating group) is 1. The second-order valence-electron chi connectivity index (χ2n) is 6.75. The largest absolute Gasteiger partial charge is 0.377 e. The molecular formula is C16H32N4O2. The summed E-state index contributed by atoms with van der Waals surface area (Å²) in [6.07, 6.45) is 6.15. The number of amides is 1. The van der Waals surface area contributed by atoms with Crippen LogP contribution in [0.4, 0.5) is 0 Å². The van der Waals surface area contributed by atoms with Gasteiger partial charge in [-0.1, -0.05) is 19.3 Å². The molecule has 1 rings (SSSR count). The molecule has 22 heavy (non-hydrogen) atoms. The van der Waals surface area contributed by atoms with Gasteiger partial charge in [-0.25, -0.2) is 4.99 Å². The summed E-state index contributed by atoms with van der Waals surface area (Å²) < 4.78 is 5.42. The molecule has 0 radical (unpaired) electrons. The van der Waals surface area contributed by atoms with Gasteiger partial charge in [0.05, 0.1) is 5.60 Å². The number of aliphatic imine (C=N–C) groups is 1. The fourth-order valence-electron chi connectivity index (χ4n) is 2.25. The molecule has 0 unspecified atom stereocenters. The molecule has 6 heteroatoms. The molecule has 0 aromatic rings. The third-order valence-corrected chi connectivity index (χ3v) is 4.05. The third kappa shape index (κ3) is 7.11. The SMILES string of the molecule is COC(C)(C)CNC(=NCC(=O)N(C)C)NC1CCCCC1. The Balaban J connectivity index is 2.62. The molecule has 1 fully saturated rings. The fourth-order valence-corrected chi connectivity index (χ4v) is 2.25. The average molecular weight is 312 g/mol. The Morgan fingerprint density at radius 2 is 1.91 bits per heavy atom. The van der Waals surface area contributed by atoms with Crippen LogP contribution in [0.5, 0.6) is 0 Å². The molecule has 2 N–H and O–H groups in total. The van der Waals surface area contributed by atoms with E-state index in [0.29, 0.717) is 18.5 Å². The van der Waals surface area contributed by atoms with Gasteiger partial charge in [0, 0.05) is 33.8 Å². The molecule has 0 spiro atoms. The van der Waals surface area contributed by atoms with Gasteiger partial charge in [-0.2, -0.15) is 0 Å². The Morgan fingerprint density at radius 1 is 1.27 bits per heavy atom. The van der Waals surface area contributed by atoms with Crippen LogP contribution < -0.4 is 10.6 Å². The van der Waals surface area contributed by atoms with Gasteiger partial charge < -0.3 is 20.3 Å². The standard InChI is InChI=1S/C16H32N4O2/c1-16(2,22-5)12-18-15(17-11-14(21)20(3)4)19-13-9-7-6-8-10-13/h13H,6-12H2,1-5H3,(H2,17,18,19). The number of nitrogens with zero attached hydrogens (tertiary/aromatic N) is 2. The van der Waals surface area contributed by atoms with E-state index in [1.165, 1.54) is 19.3 Å². The summed E-state index contributed by atoms with van der Waals surface area (Å²) in [7, 11) is 5.18. The molecule has 0 heterocycles. The third-order valence-electron chi connectivity index (χ3n) is 4.05. The van der Waals surface area contributed by atoms with E-state index < -0.39 is 0 Å². The minimum Gasteiger partial charge on any atom is -0.377 e. The molecule has 1 amide bonds. The number of nitrogens with one attached hydrogen (secondary N) is 2. The first-order valence-corrected chi connectivity index (χ1v) is 8.14. The van der Waals surface area contributed by atoms with Crippen molar-refractivity contribution in [2.24, 2.45) is 4.99 Å². The van der Waals surface area contributed by atoms with Crippen molar-refractivity contribution in [2.45, 2.75) is 57.6 Å². The number of rotatable bonds is 6. The second kappa shape index (κ2) is 8.98. The van der Waals surface area contributed by atoms with E-state index in [-0.39, 0.29) is 18.1 Å². The van der Waals surface area contributed by atoms with E-state index in [1.807, 2.05) is 13.8 Å². The molecule has 0 aliphatic heterocycles. The van der Waals surface area contributed by atoms with Crippen molar-refractivity contribution < 1.29 is 9.53 Å². The number of carbonyl (C=O) groups excluding carboxylic acids is 1. The van der Waals surface area contributed by atoms with Crippen molar-refractivity contribution in [1.29, 1.82) is 0 Å². The number of guanidine groups is 1. The van der Waals surface area contributed by atoms with Crippen molar-refractivity contribution >= 4 is 11.9 Å². The zero-order valence-electron chi connectivity index (χ0n) is 14.7. The molecule has 1 aliphatic rings. The summed E-state index contributed by atoms with van der Waals surface area (Å²) in [6.45, 7) is 4.83. The van der Waals surface area contributed by atoms with Crippen molar-refractivity contribution in [3.05, 3.63) is 0 Å². The van der Waals surface area contributed by atoms with Crippen LogP contribution in [0.2, 0.25) is 0 Å². The maximum atomic E-state index is 11.7. The van der Waals surface area contributed by atoms with Gasteiger partial charge in [0.1, 0.15) is 6.54 Å². The predicted octanol–water partition coefficient (Wildman–Crippen LogP) is 1.37. The highest BCUT2D eigenvalue weighted by Crippen LogP contribution is 2.17. The van der Waals surface area contributed by atoms with Crippen LogP contribution in [-0.2, 0) is 9.53 Å². The predicted molar refractivity (Wildman–Crippen MR) is 90.1 cm³/mol. The molecule has 6 nitrogen and oxygen atoms in total. The highest BCUT2D eigenvalue weighted by Gasteiger charge is 2.19. The quantitative estimate of drug-likeness (QED) is 0.574. The molecule has 0 atom stereocenters. The number of ether oxygens (including phenoxy) is 1. The normalized spacial score (nSPS) is 17.2. The zero-order chi connectivity index (χ0) is 16.6. The highest BCUT2D eigenvalue weighted by molar-refractivity contribution is 5.85. The van der Waals surface area contributed by atoms with Gasteiger partial charge in [-0.15, -0.1) is 0 Å². The topological polar surface area (TPSA) is 66.0 Å². The van der Waals surface area contributed by atoms with Crippen molar-refractivity contribution in [3.8, 4) is 0 Å².